The van der Waals surface area contributed by atoms with Gasteiger partial charge in [0.25, 0.3) is 0 Å². The number of sulfonamides is 1. The van der Waals surface area contributed by atoms with Crippen LogP contribution in [0.2, 0.25) is 0 Å². The molecule has 9 nitrogen and oxygen atoms in total. The standard InChI is InChI=1S/C22H28N6O3S/c1-22(2)11-16-15(19-18(22)21(25)27-12-26-19)7-8-17(20(16)32(29,30)28-10-9-23)31-14-5-3-13(24)4-6-14/h7-8,12-14,28H,3-6,10-11,24H2,1-2H3,(H2,25,26,27)/t13-,14-. The van der Waals surface area contributed by atoms with Gasteiger partial charge in [-0.15, -0.1) is 0 Å². The molecule has 2 aliphatic rings. The molecule has 1 aromatic carbocycles. The normalized spacial score (nSPS) is 21.8. The summed E-state index contributed by atoms with van der Waals surface area (Å²) in [6.07, 6.45) is 4.88. The first-order valence-electron chi connectivity index (χ1n) is 10.7. The Labute approximate surface area is 188 Å². The third-order valence-electron chi connectivity index (χ3n) is 6.27. The molecule has 1 saturated carbocycles. The second-order valence-corrected chi connectivity index (χ2v) is 10.8. The molecule has 0 spiro atoms. The van der Waals surface area contributed by atoms with E-state index < -0.39 is 15.4 Å². The summed E-state index contributed by atoms with van der Waals surface area (Å²) >= 11 is 0. The molecule has 0 bridgehead atoms. The van der Waals surface area contributed by atoms with Crippen LogP contribution in [0, 0.1) is 11.3 Å². The molecule has 2 aliphatic carbocycles. The van der Waals surface area contributed by atoms with Gasteiger partial charge in [0.2, 0.25) is 10.0 Å². The monoisotopic (exact) mass is 456 g/mol. The van der Waals surface area contributed by atoms with Crippen molar-refractivity contribution in [1.82, 2.24) is 14.7 Å². The Morgan fingerprint density at radius 1 is 1.25 bits per heavy atom. The number of rotatable bonds is 5. The number of fused-ring (bicyclic) bond motifs is 3. The lowest BCUT2D eigenvalue weighted by Crippen LogP contribution is -2.34. The molecule has 0 saturated heterocycles. The van der Waals surface area contributed by atoms with Gasteiger partial charge in [0.15, 0.2) is 0 Å². The minimum atomic E-state index is -4.02. The van der Waals surface area contributed by atoms with E-state index in [0.29, 0.717) is 29.1 Å². The maximum atomic E-state index is 13.3. The molecule has 0 radical (unpaired) electrons. The lowest BCUT2D eigenvalue weighted by molar-refractivity contribution is 0.143. The van der Waals surface area contributed by atoms with Crippen molar-refractivity contribution in [3.05, 3.63) is 29.6 Å². The van der Waals surface area contributed by atoms with Crippen molar-refractivity contribution in [3.8, 4) is 23.1 Å². The number of nitrogens with one attached hydrogen (secondary N) is 1. The Bertz CT molecular complexity index is 1180. The Morgan fingerprint density at radius 3 is 2.66 bits per heavy atom. The molecule has 1 fully saturated rings. The van der Waals surface area contributed by atoms with Crippen LogP contribution < -0.4 is 20.9 Å². The van der Waals surface area contributed by atoms with Crippen molar-refractivity contribution in [3.63, 3.8) is 0 Å². The van der Waals surface area contributed by atoms with Crippen LogP contribution in [0.15, 0.2) is 23.4 Å². The number of nitrogen functional groups attached to an aromatic ring is 1. The highest BCUT2D eigenvalue weighted by atomic mass is 32.2. The zero-order valence-electron chi connectivity index (χ0n) is 18.3. The van der Waals surface area contributed by atoms with Crippen LogP contribution in [-0.2, 0) is 21.9 Å². The molecule has 0 unspecified atom stereocenters. The van der Waals surface area contributed by atoms with E-state index in [1.165, 1.54) is 6.33 Å². The number of ether oxygens (including phenoxy) is 1. The van der Waals surface area contributed by atoms with Gasteiger partial charge >= 0.3 is 0 Å². The van der Waals surface area contributed by atoms with Gasteiger partial charge in [-0.2, -0.15) is 9.98 Å². The smallest absolute Gasteiger partial charge is 0.245 e. The first kappa shape index (κ1) is 22.5. The van der Waals surface area contributed by atoms with Crippen molar-refractivity contribution >= 4 is 15.8 Å². The van der Waals surface area contributed by atoms with Crippen LogP contribution in [-0.4, -0.2) is 37.1 Å². The third-order valence-corrected chi connectivity index (χ3v) is 7.78. The van der Waals surface area contributed by atoms with Crippen LogP contribution in [0.3, 0.4) is 0 Å². The summed E-state index contributed by atoms with van der Waals surface area (Å²) in [4.78, 5) is 8.65. The highest BCUT2D eigenvalue weighted by molar-refractivity contribution is 7.89. The molecule has 0 amide bonds. The molecule has 2 aromatic rings. The minimum Gasteiger partial charge on any atom is -0.489 e. The number of nitriles is 1. The molecular weight excluding hydrogens is 428 g/mol. The number of aromatic nitrogens is 2. The zero-order chi connectivity index (χ0) is 23.1. The van der Waals surface area contributed by atoms with Gasteiger partial charge in [0.05, 0.1) is 24.4 Å². The number of hydrogen-bond acceptors (Lipinski definition) is 8. The van der Waals surface area contributed by atoms with E-state index >= 15 is 0 Å². The third kappa shape index (κ3) is 4.03. The Kier molecular flexibility index (Phi) is 5.83. The number of hydrogen-bond donors (Lipinski definition) is 3. The van der Waals surface area contributed by atoms with Gasteiger partial charge in [-0.25, -0.2) is 18.4 Å². The van der Waals surface area contributed by atoms with E-state index in [4.69, 9.17) is 21.5 Å². The van der Waals surface area contributed by atoms with E-state index in [1.54, 1.807) is 6.07 Å². The lowest BCUT2D eigenvalue weighted by atomic mass is 9.72. The van der Waals surface area contributed by atoms with Crippen molar-refractivity contribution in [1.29, 1.82) is 5.26 Å². The summed E-state index contributed by atoms with van der Waals surface area (Å²) in [6.45, 7) is 3.64. The molecule has 1 aromatic heterocycles. The van der Waals surface area contributed by atoms with Crippen LogP contribution in [0.4, 0.5) is 5.82 Å². The summed E-state index contributed by atoms with van der Waals surface area (Å²) in [5.41, 5.74) is 14.4. The van der Waals surface area contributed by atoms with Gasteiger partial charge in [0, 0.05) is 17.2 Å². The topological polar surface area (TPSA) is 157 Å². The average molecular weight is 457 g/mol. The average Bonchev–Trinajstić information content (AvgIpc) is 2.73. The molecule has 10 heteroatoms. The van der Waals surface area contributed by atoms with Crippen molar-refractivity contribution in [2.75, 3.05) is 12.3 Å². The molecule has 32 heavy (non-hydrogen) atoms. The van der Waals surface area contributed by atoms with Crippen LogP contribution >= 0.6 is 0 Å². The Balaban J connectivity index is 1.88. The molecule has 5 N–H and O–H groups in total. The van der Waals surface area contributed by atoms with E-state index in [9.17, 15) is 8.42 Å². The van der Waals surface area contributed by atoms with Gasteiger partial charge in [-0.1, -0.05) is 13.8 Å². The van der Waals surface area contributed by atoms with Crippen molar-refractivity contribution in [2.45, 2.75) is 68.4 Å². The molecule has 0 atom stereocenters. The summed E-state index contributed by atoms with van der Waals surface area (Å²) in [5, 5.41) is 8.96. The molecule has 4 rings (SSSR count). The molecule has 1 heterocycles. The number of benzene rings is 1. The predicted molar refractivity (Wildman–Crippen MR) is 120 cm³/mol. The number of nitrogens with zero attached hydrogens (tertiary/aromatic N) is 3. The molecule has 170 valence electrons. The summed E-state index contributed by atoms with van der Waals surface area (Å²) < 4.78 is 35.3. The van der Waals surface area contributed by atoms with Crippen LogP contribution in [0.25, 0.3) is 11.3 Å². The Hall–Kier alpha value is -2.74. The SMILES string of the molecule is CC1(C)Cc2c(ccc(O[C@H]3CC[C@H](N)CC3)c2S(=O)(=O)NCC#N)-c2ncnc(N)c21. The van der Waals surface area contributed by atoms with E-state index in [-0.39, 0.29) is 29.3 Å². The van der Waals surface area contributed by atoms with Gasteiger partial charge < -0.3 is 16.2 Å². The summed E-state index contributed by atoms with van der Waals surface area (Å²) in [7, 11) is -4.02. The second kappa shape index (κ2) is 8.31. The van der Waals surface area contributed by atoms with E-state index in [0.717, 1.165) is 31.2 Å². The fourth-order valence-electron chi connectivity index (χ4n) is 4.78. The van der Waals surface area contributed by atoms with Gasteiger partial charge in [0.1, 0.15) is 22.8 Å². The Morgan fingerprint density at radius 2 is 1.97 bits per heavy atom. The zero-order valence-corrected chi connectivity index (χ0v) is 19.1. The minimum absolute atomic E-state index is 0.0658. The maximum Gasteiger partial charge on any atom is 0.245 e. The first-order valence-corrected chi connectivity index (χ1v) is 12.2. The maximum absolute atomic E-state index is 13.3. The quantitative estimate of drug-likeness (QED) is 0.577. The van der Waals surface area contributed by atoms with Crippen molar-refractivity contribution < 1.29 is 13.2 Å². The lowest BCUT2D eigenvalue weighted by Gasteiger charge is -2.35. The fraction of sp³-hybridized carbons (Fsp3) is 0.500. The highest BCUT2D eigenvalue weighted by Crippen LogP contribution is 2.48. The van der Waals surface area contributed by atoms with Gasteiger partial charge in [-0.3, -0.25) is 0 Å². The van der Waals surface area contributed by atoms with E-state index in [2.05, 4.69) is 14.7 Å². The number of anilines is 1. The largest absolute Gasteiger partial charge is 0.489 e. The molecule has 0 aliphatic heterocycles. The second-order valence-electron chi connectivity index (χ2n) is 9.10. The fourth-order valence-corrected chi connectivity index (χ4v) is 6.06. The van der Waals surface area contributed by atoms with Crippen molar-refractivity contribution in [2.24, 2.45) is 5.73 Å². The van der Waals surface area contributed by atoms with Gasteiger partial charge in [-0.05, 0) is 55.2 Å². The van der Waals surface area contributed by atoms with Crippen LogP contribution in [0.1, 0.15) is 50.7 Å². The summed E-state index contributed by atoms with van der Waals surface area (Å²) in [6, 6.07) is 5.50. The highest BCUT2D eigenvalue weighted by Gasteiger charge is 2.39. The first-order chi connectivity index (χ1) is 15.1. The van der Waals surface area contributed by atoms with E-state index in [1.807, 2.05) is 26.0 Å². The summed E-state index contributed by atoms with van der Waals surface area (Å²) in [5.74, 6) is 0.674. The molecular formula is C22H28N6O3S. The predicted octanol–water partition coefficient (Wildman–Crippen LogP) is 2.01. The van der Waals surface area contributed by atoms with Crippen LogP contribution in [0.5, 0.6) is 5.75 Å². The number of nitrogens with two attached hydrogens (primary N) is 2.